The Morgan fingerprint density at radius 1 is 0.923 bits per heavy atom. The van der Waals surface area contributed by atoms with Gasteiger partial charge in [-0.3, -0.25) is 4.57 Å². The van der Waals surface area contributed by atoms with Gasteiger partial charge in [-0.1, -0.05) is 79.6 Å². The average Bonchev–Trinajstić information content (AvgIpc) is 3.12. The van der Waals surface area contributed by atoms with Crippen molar-refractivity contribution in [2.75, 3.05) is 0 Å². The zero-order valence-corrected chi connectivity index (χ0v) is 16.1. The molecule has 1 fully saturated rings. The number of aromatic nitrogens is 3. The van der Waals surface area contributed by atoms with Crippen molar-refractivity contribution < 1.29 is 0 Å². The fourth-order valence-corrected chi connectivity index (χ4v) is 4.67. The number of hydrogen-bond donors (Lipinski definition) is 0. The molecule has 1 aliphatic rings. The largest absolute Gasteiger partial charge is 0.274 e. The molecule has 3 nitrogen and oxygen atoms in total. The van der Waals surface area contributed by atoms with Crippen LogP contribution in [0.15, 0.2) is 59.8 Å². The van der Waals surface area contributed by atoms with E-state index in [1.807, 2.05) is 0 Å². The summed E-state index contributed by atoms with van der Waals surface area (Å²) in [5, 5.41) is 10.3. The number of aryl methyl sites for hydroxylation is 1. The number of hydrogen-bond acceptors (Lipinski definition) is 3. The third-order valence-electron chi connectivity index (χ3n) is 5.20. The summed E-state index contributed by atoms with van der Waals surface area (Å²) in [6.45, 7) is 2.17. The summed E-state index contributed by atoms with van der Waals surface area (Å²) < 4.78 is 2.32. The van der Waals surface area contributed by atoms with E-state index >= 15 is 0 Å². The van der Waals surface area contributed by atoms with E-state index in [4.69, 9.17) is 0 Å². The first-order chi connectivity index (χ1) is 12.8. The van der Waals surface area contributed by atoms with Crippen LogP contribution in [0.4, 0.5) is 0 Å². The quantitative estimate of drug-likeness (QED) is 0.528. The number of thioether (sulfide) groups is 1. The van der Waals surface area contributed by atoms with Crippen LogP contribution >= 0.6 is 11.8 Å². The van der Waals surface area contributed by atoms with Gasteiger partial charge in [-0.05, 0) is 37.0 Å². The van der Waals surface area contributed by atoms with Gasteiger partial charge in [0.05, 0.1) is 5.69 Å². The molecule has 0 aliphatic heterocycles. The molecule has 0 unspecified atom stereocenters. The van der Waals surface area contributed by atoms with Gasteiger partial charge in [-0.2, -0.15) is 0 Å². The molecule has 0 N–H and O–H groups in total. The SMILES string of the molecule is Cc1ccccc1-n1c(SCc2ccccc2)nnc1C1CCCCC1. The van der Waals surface area contributed by atoms with Crippen LogP contribution in [0.1, 0.15) is 55.0 Å². The molecular weight excluding hydrogens is 338 g/mol. The Kier molecular flexibility index (Phi) is 5.40. The van der Waals surface area contributed by atoms with Crippen molar-refractivity contribution in [1.29, 1.82) is 0 Å². The van der Waals surface area contributed by atoms with E-state index < -0.39 is 0 Å². The maximum absolute atomic E-state index is 4.66. The molecule has 0 atom stereocenters. The summed E-state index contributed by atoms with van der Waals surface area (Å²) in [6, 6.07) is 19.2. The fourth-order valence-electron chi connectivity index (χ4n) is 3.76. The molecule has 4 rings (SSSR count). The van der Waals surface area contributed by atoms with Crippen LogP contribution < -0.4 is 0 Å². The zero-order chi connectivity index (χ0) is 17.8. The van der Waals surface area contributed by atoms with Crippen molar-refractivity contribution in [2.45, 2.75) is 55.9 Å². The number of benzene rings is 2. The van der Waals surface area contributed by atoms with Gasteiger partial charge in [0.1, 0.15) is 5.82 Å². The molecule has 4 heteroatoms. The van der Waals surface area contributed by atoms with E-state index in [0.29, 0.717) is 5.92 Å². The molecule has 0 bridgehead atoms. The molecule has 2 aromatic carbocycles. The second-order valence-corrected chi connectivity index (χ2v) is 8.01. The Balaban J connectivity index is 1.69. The third kappa shape index (κ3) is 3.70. The number of rotatable bonds is 5. The second kappa shape index (κ2) is 8.09. The van der Waals surface area contributed by atoms with Crippen LogP contribution in [0.2, 0.25) is 0 Å². The maximum Gasteiger partial charge on any atom is 0.196 e. The number of nitrogens with zero attached hydrogens (tertiary/aromatic N) is 3. The Bertz CT molecular complexity index is 851. The molecule has 1 aromatic heterocycles. The molecule has 134 valence electrons. The lowest BCUT2D eigenvalue weighted by Crippen LogP contribution is -2.12. The van der Waals surface area contributed by atoms with Gasteiger partial charge < -0.3 is 0 Å². The van der Waals surface area contributed by atoms with Crippen molar-refractivity contribution in [2.24, 2.45) is 0 Å². The summed E-state index contributed by atoms with van der Waals surface area (Å²) >= 11 is 1.78. The summed E-state index contributed by atoms with van der Waals surface area (Å²) in [7, 11) is 0. The molecule has 3 aromatic rings. The van der Waals surface area contributed by atoms with Crippen molar-refractivity contribution in [3.63, 3.8) is 0 Å². The Labute approximate surface area is 159 Å². The van der Waals surface area contributed by atoms with Crippen LogP contribution in [-0.4, -0.2) is 14.8 Å². The van der Waals surface area contributed by atoms with E-state index in [2.05, 4.69) is 76.3 Å². The van der Waals surface area contributed by atoms with Crippen molar-refractivity contribution in [1.82, 2.24) is 14.8 Å². The van der Waals surface area contributed by atoms with Gasteiger partial charge in [0.15, 0.2) is 5.16 Å². The minimum atomic E-state index is 0.530. The fraction of sp³-hybridized carbons (Fsp3) is 0.364. The lowest BCUT2D eigenvalue weighted by atomic mass is 9.88. The van der Waals surface area contributed by atoms with Crippen molar-refractivity contribution in [3.8, 4) is 5.69 Å². The minimum absolute atomic E-state index is 0.530. The highest BCUT2D eigenvalue weighted by molar-refractivity contribution is 7.98. The molecule has 1 heterocycles. The van der Waals surface area contributed by atoms with Gasteiger partial charge in [-0.15, -0.1) is 10.2 Å². The predicted molar refractivity (Wildman–Crippen MR) is 108 cm³/mol. The van der Waals surface area contributed by atoms with Crippen molar-refractivity contribution >= 4 is 11.8 Å². The maximum atomic E-state index is 4.66. The highest BCUT2D eigenvalue weighted by Crippen LogP contribution is 2.36. The van der Waals surface area contributed by atoms with Crippen LogP contribution in [-0.2, 0) is 5.75 Å². The summed E-state index contributed by atoms with van der Waals surface area (Å²) in [6.07, 6.45) is 6.42. The van der Waals surface area contributed by atoms with Crippen LogP contribution in [0.5, 0.6) is 0 Å². The Hall–Kier alpha value is -2.07. The Morgan fingerprint density at radius 2 is 1.65 bits per heavy atom. The smallest absolute Gasteiger partial charge is 0.196 e. The minimum Gasteiger partial charge on any atom is -0.274 e. The Morgan fingerprint density at radius 3 is 2.42 bits per heavy atom. The molecule has 0 spiro atoms. The summed E-state index contributed by atoms with van der Waals surface area (Å²) in [5.41, 5.74) is 3.80. The standard InChI is InChI=1S/C22H25N3S/c1-17-10-8-9-15-20(17)25-21(19-13-6-3-7-14-19)23-24-22(25)26-16-18-11-4-2-5-12-18/h2,4-5,8-12,15,19H,3,6-7,13-14,16H2,1H3. The van der Waals surface area contributed by atoms with E-state index in [1.165, 1.54) is 48.9 Å². The zero-order valence-electron chi connectivity index (χ0n) is 15.3. The molecule has 1 aliphatic carbocycles. The monoisotopic (exact) mass is 363 g/mol. The van der Waals surface area contributed by atoms with Gasteiger partial charge in [0, 0.05) is 11.7 Å². The molecule has 26 heavy (non-hydrogen) atoms. The first-order valence-electron chi connectivity index (χ1n) is 9.51. The topological polar surface area (TPSA) is 30.7 Å². The first kappa shape index (κ1) is 17.3. The van der Waals surface area contributed by atoms with Crippen LogP contribution in [0.3, 0.4) is 0 Å². The molecule has 1 saturated carbocycles. The summed E-state index contributed by atoms with van der Waals surface area (Å²) in [4.78, 5) is 0. The summed E-state index contributed by atoms with van der Waals surface area (Å²) in [5.74, 6) is 2.59. The van der Waals surface area contributed by atoms with Crippen molar-refractivity contribution in [3.05, 3.63) is 71.5 Å². The van der Waals surface area contributed by atoms with Gasteiger partial charge >= 0.3 is 0 Å². The van der Waals surface area contributed by atoms with Crippen LogP contribution in [0.25, 0.3) is 5.69 Å². The lowest BCUT2D eigenvalue weighted by molar-refractivity contribution is 0.423. The van der Waals surface area contributed by atoms with E-state index in [0.717, 1.165) is 16.7 Å². The average molecular weight is 364 g/mol. The van der Waals surface area contributed by atoms with E-state index in [1.54, 1.807) is 11.8 Å². The van der Waals surface area contributed by atoms with Gasteiger partial charge in [-0.25, -0.2) is 0 Å². The third-order valence-corrected chi connectivity index (χ3v) is 6.20. The predicted octanol–water partition coefficient (Wildman–Crippen LogP) is 5.92. The molecule has 0 saturated heterocycles. The highest BCUT2D eigenvalue weighted by atomic mass is 32.2. The van der Waals surface area contributed by atoms with Gasteiger partial charge in [0.2, 0.25) is 0 Å². The molecular formula is C22H25N3S. The number of para-hydroxylation sites is 1. The van der Waals surface area contributed by atoms with Gasteiger partial charge in [0.25, 0.3) is 0 Å². The second-order valence-electron chi connectivity index (χ2n) is 7.07. The van der Waals surface area contributed by atoms with E-state index in [9.17, 15) is 0 Å². The molecule has 0 radical (unpaired) electrons. The molecule has 0 amide bonds. The van der Waals surface area contributed by atoms with E-state index in [-0.39, 0.29) is 0 Å². The lowest BCUT2D eigenvalue weighted by Gasteiger charge is -2.22. The van der Waals surface area contributed by atoms with Crippen LogP contribution in [0, 0.1) is 6.92 Å². The normalized spacial score (nSPS) is 15.3. The first-order valence-corrected chi connectivity index (χ1v) is 10.5. The highest BCUT2D eigenvalue weighted by Gasteiger charge is 2.24.